The topological polar surface area (TPSA) is 69.7 Å². The van der Waals surface area contributed by atoms with E-state index in [-0.39, 0.29) is 10.8 Å². The lowest BCUT2D eigenvalue weighted by molar-refractivity contribution is -0.121. The minimum atomic E-state index is -3.51. The van der Waals surface area contributed by atoms with Crippen LogP contribution in [0.4, 0.5) is 0 Å². The summed E-state index contributed by atoms with van der Waals surface area (Å²) in [4.78, 5) is 15.0. The highest BCUT2D eigenvalue weighted by Gasteiger charge is 2.20. The third-order valence-electron chi connectivity index (χ3n) is 5.66. The van der Waals surface area contributed by atoms with Crippen LogP contribution in [0.15, 0.2) is 59.5 Å². The molecule has 1 N–H and O–H groups in total. The molecular weight excluding hydrogens is 410 g/mol. The van der Waals surface area contributed by atoms with Crippen LogP contribution >= 0.6 is 0 Å². The van der Waals surface area contributed by atoms with Gasteiger partial charge in [-0.25, -0.2) is 12.7 Å². The van der Waals surface area contributed by atoms with Crippen molar-refractivity contribution in [2.75, 3.05) is 26.7 Å². The molecule has 0 unspecified atom stereocenters. The van der Waals surface area contributed by atoms with E-state index in [9.17, 15) is 13.2 Å². The Bertz CT molecular complexity index is 942. The van der Waals surface area contributed by atoms with Crippen LogP contribution < -0.4 is 5.32 Å². The van der Waals surface area contributed by atoms with Crippen LogP contribution in [0.5, 0.6) is 0 Å². The maximum atomic E-state index is 12.5. The average molecular weight is 444 g/mol. The quantitative estimate of drug-likeness (QED) is 0.611. The summed E-state index contributed by atoms with van der Waals surface area (Å²) in [6, 6.07) is 16.7. The van der Waals surface area contributed by atoms with Gasteiger partial charge < -0.3 is 5.32 Å². The standard InChI is InChI=1S/C24H33N3O3S/c1-26(31(29,30)23-12-4-2-5-13-23)15-9-14-24(28)25-19-21-10-8-11-22(18-21)20-27-16-6-3-7-17-27/h2,4-5,8,10-13,18H,3,6-7,9,14-17,19-20H2,1H3,(H,25,28). The molecule has 0 saturated carbocycles. The molecule has 6 nitrogen and oxygen atoms in total. The Morgan fingerprint density at radius 2 is 1.71 bits per heavy atom. The van der Waals surface area contributed by atoms with Gasteiger partial charge in [0.2, 0.25) is 15.9 Å². The predicted octanol–water partition coefficient (Wildman–Crippen LogP) is 3.39. The summed E-state index contributed by atoms with van der Waals surface area (Å²) in [5.41, 5.74) is 2.37. The summed E-state index contributed by atoms with van der Waals surface area (Å²) in [6.07, 6.45) is 4.65. The van der Waals surface area contributed by atoms with E-state index in [0.717, 1.165) is 25.2 Å². The molecule has 0 bridgehead atoms. The third-order valence-corrected chi connectivity index (χ3v) is 7.54. The summed E-state index contributed by atoms with van der Waals surface area (Å²) < 4.78 is 26.3. The SMILES string of the molecule is CN(CCCC(=O)NCc1cccc(CN2CCCCC2)c1)S(=O)(=O)c1ccccc1. The van der Waals surface area contributed by atoms with E-state index in [4.69, 9.17) is 0 Å². The van der Waals surface area contributed by atoms with E-state index in [1.54, 1.807) is 37.4 Å². The molecule has 2 aromatic rings. The second-order valence-corrected chi connectivity index (χ2v) is 10.2. The normalized spacial score (nSPS) is 15.2. The zero-order valence-corrected chi connectivity index (χ0v) is 19.1. The van der Waals surface area contributed by atoms with E-state index < -0.39 is 10.0 Å². The number of piperidine rings is 1. The van der Waals surface area contributed by atoms with Gasteiger partial charge in [-0.3, -0.25) is 9.69 Å². The van der Waals surface area contributed by atoms with Gasteiger partial charge in [0.1, 0.15) is 0 Å². The van der Waals surface area contributed by atoms with Crippen LogP contribution in [0.2, 0.25) is 0 Å². The predicted molar refractivity (Wildman–Crippen MR) is 123 cm³/mol. The second-order valence-electron chi connectivity index (χ2n) is 8.18. The van der Waals surface area contributed by atoms with Crippen LogP contribution in [0.25, 0.3) is 0 Å². The van der Waals surface area contributed by atoms with Gasteiger partial charge in [0.15, 0.2) is 0 Å². The molecule has 168 valence electrons. The number of amides is 1. The van der Waals surface area contributed by atoms with Gasteiger partial charge in [-0.1, -0.05) is 48.9 Å². The third kappa shape index (κ3) is 7.16. The maximum Gasteiger partial charge on any atom is 0.242 e. The van der Waals surface area contributed by atoms with Crippen molar-refractivity contribution in [1.29, 1.82) is 0 Å². The average Bonchev–Trinajstić information content (AvgIpc) is 2.79. The van der Waals surface area contributed by atoms with Gasteiger partial charge in [-0.05, 0) is 55.6 Å². The monoisotopic (exact) mass is 443 g/mol. The first-order valence-electron chi connectivity index (χ1n) is 11.0. The lowest BCUT2D eigenvalue weighted by Crippen LogP contribution is -2.30. The van der Waals surface area contributed by atoms with Crippen molar-refractivity contribution < 1.29 is 13.2 Å². The molecule has 0 spiro atoms. The number of likely N-dealkylation sites (tertiary alicyclic amines) is 1. The molecule has 1 heterocycles. The molecule has 1 amide bonds. The molecule has 2 aromatic carbocycles. The van der Waals surface area contributed by atoms with Gasteiger partial charge in [0, 0.05) is 33.1 Å². The molecule has 0 atom stereocenters. The van der Waals surface area contributed by atoms with E-state index in [1.165, 1.54) is 29.1 Å². The fraction of sp³-hybridized carbons (Fsp3) is 0.458. The number of benzene rings is 2. The fourth-order valence-corrected chi connectivity index (χ4v) is 5.09. The first-order valence-corrected chi connectivity index (χ1v) is 12.5. The summed E-state index contributed by atoms with van der Waals surface area (Å²) in [5.74, 6) is -0.0630. The minimum absolute atomic E-state index is 0.0630. The smallest absolute Gasteiger partial charge is 0.242 e. The number of sulfonamides is 1. The van der Waals surface area contributed by atoms with Crippen LogP contribution in [0, 0.1) is 0 Å². The van der Waals surface area contributed by atoms with E-state index in [0.29, 0.717) is 25.9 Å². The molecule has 31 heavy (non-hydrogen) atoms. The van der Waals surface area contributed by atoms with Gasteiger partial charge in [-0.15, -0.1) is 0 Å². The first kappa shape index (κ1) is 23.4. The van der Waals surface area contributed by atoms with E-state index in [2.05, 4.69) is 22.3 Å². The summed E-state index contributed by atoms with van der Waals surface area (Å²) >= 11 is 0. The second kappa shape index (κ2) is 11.4. The Morgan fingerprint density at radius 1 is 1.00 bits per heavy atom. The van der Waals surface area contributed by atoms with Crippen molar-refractivity contribution in [3.05, 3.63) is 65.7 Å². The number of carbonyl (C=O) groups excluding carboxylic acids is 1. The first-order chi connectivity index (χ1) is 14.9. The van der Waals surface area contributed by atoms with Gasteiger partial charge in [0.25, 0.3) is 0 Å². The molecule has 0 aromatic heterocycles. The Hall–Kier alpha value is -2.22. The lowest BCUT2D eigenvalue weighted by Gasteiger charge is -2.26. The number of nitrogens with one attached hydrogen (secondary N) is 1. The van der Waals surface area contributed by atoms with Gasteiger partial charge >= 0.3 is 0 Å². The van der Waals surface area contributed by atoms with Crippen molar-refractivity contribution >= 4 is 15.9 Å². The molecule has 3 rings (SSSR count). The summed E-state index contributed by atoms with van der Waals surface area (Å²) in [5, 5.41) is 2.95. The van der Waals surface area contributed by atoms with E-state index >= 15 is 0 Å². The number of hydrogen-bond acceptors (Lipinski definition) is 4. The van der Waals surface area contributed by atoms with Gasteiger partial charge in [0.05, 0.1) is 4.90 Å². The molecule has 1 aliphatic rings. The minimum Gasteiger partial charge on any atom is -0.352 e. The lowest BCUT2D eigenvalue weighted by atomic mass is 10.1. The van der Waals surface area contributed by atoms with Crippen LogP contribution in [0.1, 0.15) is 43.2 Å². The highest BCUT2D eigenvalue weighted by Crippen LogP contribution is 2.15. The van der Waals surface area contributed by atoms with Crippen LogP contribution in [0.3, 0.4) is 0 Å². The molecule has 1 fully saturated rings. The molecule has 1 aliphatic heterocycles. The van der Waals surface area contributed by atoms with Crippen molar-refractivity contribution in [1.82, 2.24) is 14.5 Å². The Kier molecular flexibility index (Phi) is 8.63. The van der Waals surface area contributed by atoms with Gasteiger partial charge in [-0.2, -0.15) is 0 Å². The highest BCUT2D eigenvalue weighted by atomic mass is 32.2. The number of nitrogens with zero attached hydrogens (tertiary/aromatic N) is 2. The molecular formula is C24H33N3O3S. The molecule has 0 aliphatic carbocycles. The van der Waals surface area contributed by atoms with Crippen LogP contribution in [-0.4, -0.2) is 50.2 Å². The van der Waals surface area contributed by atoms with Crippen molar-refractivity contribution in [3.8, 4) is 0 Å². The van der Waals surface area contributed by atoms with Crippen molar-refractivity contribution in [2.24, 2.45) is 0 Å². The Balaban J connectivity index is 1.40. The zero-order valence-electron chi connectivity index (χ0n) is 18.3. The largest absolute Gasteiger partial charge is 0.352 e. The van der Waals surface area contributed by atoms with Crippen molar-refractivity contribution in [2.45, 2.75) is 50.1 Å². The summed E-state index contributed by atoms with van der Waals surface area (Å²) in [7, 11) is -1.96. The number of rotatable bonds is 10. The Morgan fingerprint density at radius 3 is 2.45 bits per heavy atom. The summed E-state index contributed by atoms with van der Waals surface area (Å²) in [6.45, 7) is 4.08. The zero-order chi connectivity index (χ0) is 22.1. The maximum absolute atomic E-state index is 12.5. The Labute approximate surface area is 186 Å². The highest BCUT2D eigenvalue weighted by molar-refractivity contribution is 7.89. The van der Waals surface area contributed by atoms with E-state index in [1.807, 2.05) is 12.1 Å². The number of carbonyl (C=O) groups is 1. The molecule has 7 heteroatoms. The molecule has 0 radical (unpaired) electrons. The fourth-order valence-electron chi connectivity index (χ4n) is 3.86. The van der Waals surface area contributed by atoms with Crippen molar-refractivity contribution in [3.63, 3.8) is 0 Å². The van der Waals surface area contributed by atoms with Crippen LogP contribution in [-0.2, 0) is 27.9 Å². The number of hydrogen-bond donors (Lipinski definition) is 1. The molecule has 1 saturated heterocycles.